The number of amides is 2. The number of hydrogen-bond donors (Lipinski definition) is 4. The third-order valence-corrected chi connectivity index (χ3v) is 4.78. The Bertz CT molecular complexity index is 790. The minimum Gasteiger partial charge on any atom is -0.487 e. The van der Waals surface area contributed by atoms with Gasteiger partial charge in [-0.15, -0.1) is 0 Å². The van der Waals surface area contributed by atoms with Crippen LogP contribution in [-0.2, 0) is 11.4 Å². The molecule has 3 rings (SSSR count). The maximum Gasteiger partial charge on any atom is 0.270 e. The number of rotatable bonds is 7. The van der Waals surface area contributed by atoms with Crippen LogP contribution in [0.2, 0.25) is 0 Å². The quantitative estimate of drug-likeness (QED) is 0.424. The molecule has 0 unspecified atom stereocenters. The number of carbonyl (C=O) groups is 2. The van der Waals surface area contributed by atoms with E-state index in [1.54, 1.807) is 17.6 Å². The number of hydrogen-bond acceptors (Lipinski definition) is 6. The first-order chi connectivity index (χ1) is 13.6. The number of pyridine rings is 1. The molecule has 2 amide bonds. The third-order valence-electron chi connectivity index (χ3n) is 4.78. The van der Waals surface area contributed by atoms with E-state index in [9.17, 15) is 9.59 Å². The number of carbonyl (C=O) groups excluding carboxylic acids is 2. The van der Waals surface area contributed by atoms with Gasteiger partial charge < -0.3 is 15.4 Å². The fourth-order valence-electron chi connectivity index (χ4n) is 3.24. The molecule has 28 heavy (non-hydrogen) atoms. The van der Waals surface area contributed by atoms with E-state index >= 15 is 0 Å². The summed E-state index contributed by atoms with van der Waals surface area (Å²) in [6.45, 7) is 1.78. The lowest BCUT2D eigenvalue weighted by molar-refractivity contribution is -0.130. The van der Waals surface area contributed by atoms with E-state index in [0.717, 1.165) is 5.56 Å². The molecule has 1 fully saturated rings. The Morgan fingerprint density at radius 1 is 1.14 bits per heavy atom. The van der Waals surface area contributed by atoms with E-state index in [2.05, 4.69) is 15.6 Å². The summed E-state index contributed by atoms with van der Waals surface area (Å²) < 4.78 is 5.68. The number of benzene rings is 1. The Labute approximate surface area is 163 Å². The van der Waals surface area contributed by atoms with Crippen LogP contribution in [-0.4, -0.2) is 40.6 Å². The smallest absolute Gasteiger partial charge is 0.270 e. The third kappa shape index (κ3) is 5.28. The average molecular weight is 384 g/mol. The molecule has 8 heteroatoms. The molecule has 1 aromatic carbocycles. The largest absolute Gasteiger partial charge is 0.487 e. The number of piperidine rings is 1. The fourth-order valence-corrected chi connectivity index (χ4v) is 3.24. The van der Waals surface area contributed by atoms with Crippen LogP contribution in [0.25, 0.3) is 0 Å². The van der Waals surface area contributed by atoms with Gasteiger partial charge in [-0.3, -0.25) is 14.8 Å². The van der Waals surface area contributed by atoms with Crippen LogP contribution in [0, 0.1) is 0 Å². The Morgan fingerprint density at radius 2 is 1.89 bits per heavy atom. The normalized spacial score (nSPS) is 15.5. The molecule has 0 aliphatic carbocycles. The molecule has 0 saturated carbocycles. The lowest BCUT2D eigenvalue weighted by atomic mass is 9.84. The standard InChI is InChI=1S/C20H24N4O4/c25-18(24-27)12-20(8-10-21-11-9-20)23-19(26)17-7-6-16(13-22-17)28-14-15-4-2-1-3-5-15/h1-7,13,21,27H,8-12,14H2,(H,23,26)(H,24,25). The first kappa shape index (κ1) is 19.8. The lowest BCUT2D eigenvalue weighted by Crippen LogP contribution is -2.56. The summed E-state index contributed by atoms with van der Waals surface area (Å²) in [5.41, 5.74) is 2.22. The molecule has 0 bridgehead atoms. The van der Waals surface area contributed by atoms with Crippen LogP contribution in [0.1, 0.15) is 35.3 Å². The molecule has 0 radical (unpaired) electrons. The molecule has 1 aromatic heterocycles. The van der Waals surface area contributed by atoms with Crippen LogP contribution >= 0.6 is 0 Å². The van der Waals surface area contributed by atoms with Crippen LogP contribution in [0.4, 0.5) is 0 Å². The summed E-state index contributed by atoms with van der Waals surface area (Å²) in [6.07, 6.45) is 2.69. The van der Waals surface area contributed by atoms with E-state index in [4.69, 9.17) is 9.94 Å². The predicted octanol–water partition coefficient (Wildman–Crippen LogP) is 1.41. The van der Waals surface area contributed by atoms with E-state index in [1.165, 1.54) is 6.20 Å². The molecule has 1 saturated heterocycles. The number of ether oxygens (including phenoxy) is 1. The van der Waals surface area contributed by atoms with Crippen LogP contribution in [0.15, 0.2) is 48.7 Å². The van der Waals surface area contributed by atoms with E-state index in [0.29, 0.717) is 38.3 Å². The summed E-state index contributed by atoms with van der Waals surface area (Å²) in [5, 5.41) is 15.0. The topological polar surface area (TPSA) is 113 Å². The van der Waals surface area contributed by atoms with Gasteiger partial charge in [0, 0.05) is 0 Å². The maximum absolute atomic E-state index is 12.6. The maximum atomic E-state index is 12.6. The molecule has 4 N–H and O–H groups in total. The van der Waals surface area contributed by atoms with Crippen molar-refractivity contribution in [3.8, 4) is 5.75 Å². The SMILES string of the molecule is O=C(CC1(NC(=O)c2ccc(OCc3ccccc3)cn2)CCNCC1)NO. The van der Waals surface area contributed by atoms with Gasteiger partial charge in [-0.25, -0.2) is 10.5 Å². The highest BCUT2D eigenvalue weighted by Gasteiger charge is 2.36. The molecular formula is C20H24N4O4. The van der Waals surface area contributed by atoms with Crippen LogP contribution in [0.3, 0.4) is 0 Å². The number of nitrogens with zero attached hydrogens (tertiary/aromatic N) is 1. The van der Waals surface area contributed by atoms with Crippen molar-refractivity contribution in [2.75, 3.05) is 13.1 Å². The summed E-state index contributed by atoms with van der Waals surface area (Å²) in [6, 6.07) is 13.1. The van der Waals surface area contributed by atoms with Crippen molar-refractivity contribution >= 4 is 11.8 Å². The first-order valence-corrected chi connectivity index (χ1v) is 9.19. The molecule has 148 valence electrons. The van der Waals surface area contributed by atoms with Crippen molar-refractivity contribution in [2.45, 2.75) is 31.4 Å². The molecular weight excluding hydrogens is 360 g/mol. The molecule has 0 spiro atoms. The Kier molecular flexibility index (Phi) is 6.57. The molecule has 2 aromatic rings. The van der Waals surface area contributed by atoms with Gasteiger partial charge in [-0.1, -0.05) is 30.3 Å². The Balaban J connectivity index is 1.62. The fraction of sp³-hybridized carbons (Fsp3) is 0.350. The van der Waals surface area contributed by atoms with Crippen molar-refractivity contribution < 1.29 is 19.5 Å². The minimum absolute atomic E-state index is 0.00912. The average Bonchev–Trinajstić information content (AvgIpc) is 2.73. The highest BCUT2D eigenvalue weighted by Crippen LogP contribution is 2.23. The van der Waals surface area contributed by atoms with Crippen molar-refractivity contribution in [3.63, 3.8) is 0 Å². The minimum atomic E-state index is -0.709. The van der Waals surface area contributed by atoms with Crippen LogP contribution < -0.4 is 20.9 Å². The van der Waals surface area contributed by atoms with Crippen molar-refractivity contribution in [1.29, 1.82) is 0 Å². The van der Waals surface area contributed by atoms with Gasteiger partial charge in [0.25, 0.3) is 5.91 Å². The summed E-state index contributed by atoms with van der Waals surface area (Å²) in [7, 11) is 0. The molecule has 0 atom stereocenters. The number of hydroxylamine groups is 1. The highest BCUT2D eigenvalue weighted by atomic mass is 16.5. The van der Waals surface area contributed by atoms with Crippen molar-refractivity contribution in [3.05, 3.63) is 59.9 Å². The first-order valence-electron chi connectivity index (χ1n) is 9.19. The van der Waals surface area contributed by atoms with Crippen molar-refractivity contribution in [2.24, 2.45) is 0 Å². The zero-order chi connectivity index (χ0) is 19.8. The monoisotopic (exact) mass is 384 g/mol. The predicted molar refractivity (Wildman–Crippen MR) is 102 cm³/mol. The summed E-state index contributed by atoms with van der Waals surface area (Å²) in [4.78, 5) is 28.5. The number of aromatic nitrogens is 1. The van der Waals surface area contributed by atoms with Gasteiger partial charge >= 0.3 is 0 Å². The van der Waals surface area contributed by atoms with Gasteiger partial charge in [0.2, 0.25) is 5.91 Å². The van der Waals surface area contributed by atoms with E-state index in [1.807, 2.05) is 30.3 Å². The Hall–Kier alpha value is -2.97. The summed E-state index contributed by atoms with van der Waals surface area (Å²) >= 11 is 0. The number of nitrogens with one attached hydrogen (secondary N) is 3. The van der Waals surface area contributed by atoms with Gasteiger partial charge in [0.1, 0.15) is 18.1 Å². The second-order valence-electron chi connectivity index (χ2n) is 6.85. The van der Waals surface area contributed by atoms with E-state index in [-0.39, 0.29) is 18.0 Å². The molecule has 2 heterocycles. The van der Waals surface area contributed by atoms with Crippen LogP contribution in [0.5, 0.6) is 5.75 Å². The van der Waals surface area contributed by atoms with E-state index < -0.39 is 11.4 Å². The highest BCUT2D eigenvalue weighted by molar-refractivity contribution is 5.93. The van der Waals surface area contributed by atoms with Gasteiger partial charge in [-0.2, -0.15) is 0 Å². The molecule has 1 aliphatic rings. The zero-order valence-corrected chi connectivity index (χ0v) is 15.5. The zero-order valence-electron chi connectivity index (χ0n) is 15.5. The van der Waals surface area contributed by atoms with Gasteiger partial charge in [0.05, 0.1) is 18.2 Å². The second kappa shape index (κ2) is 9.29. The second-order valence-corrected chi connectivity index (χ2v) is 6.85. The summed E-state index contributed by atoms with van der Waals surface area (Å²) in [5.74, 6) is -0.321. The molecule has 8 nitrogen and oxygen atoms in total. The van der Waals surface area contributed by atoms with Crippen molar-refractivity contribution in [1.82, 2.24) is 21.1 Å². The Morgan fingerprint density at radius 3 is 2.54 bits per heavy atom. The lowest BCUT2D eigenvalue weighted by Gasteiger charge is -2.37. The van der Waals surface area contributed by atoms with Gasteiger partial charge in [-0.05, 0) is 43.6 Å². The van der Waals surface area contributed by atoms with Gasteiger partial charge in [0.15, 0.2) is 0 Å². The molecule has 1 aliphatic heterocycles.